The van der Waals surface area contributed by atoms with Gasteiger partial charge >= 0.3 is 0 Å². The topological polar surface area (TPSA) is 41.9 Å². The van der Waals surface area contributed by atoms with Gasteiger partial charge in [-0.25, -0.2) is 15.0 Å². The molecule has 230 valence electrons. The molecule has 8 aromatic rings. The Morgan fingerprint density at radius 2 is 1.12 bits per heavy atom. The monoisotopic (exact) mass is 626 g/mol. The second kappa shape index (κ2) is 11.1. The van der Waals surface area contributed by atoms with Gasteiger partial charge in [-0.3, -0.25) is 0 Å². The Hall–Kier alpha value is -6.39. The standard InChI is InChI=1S/C45H30N4/c1-2-14-32(15-3-1)43-46-44(48-45(47-43)35-22-21-29-11-4-5-16-33(29)27-35)34-17-10-18-36(28-34)49-39-25-23-30-12-6-8-19-37(30)41(39)42-38-20-9-7-13-31(38)24-26-40(42)49/h1-28,39,41H. The number of rotatable bonds is 4. The molecule has 10 rings (SSSR count). The Bertz CT molecular complexity index is 2590. The average molecular weight is 627 g/mol. The van der Waals surface area contributed by atoms with Gasteiger partial charge in [-0.05, 0) is 62.5 Å². The summed E-state index contributed by atoms with van der Waals surface area (Å²) < 4.78 is 0. The molecule has 4 nitrogen and oxygen atoms in total. The van der Waals surface area contributed by atoms with Crippen LogP contribution in [0, 0.1) is 0 Å². The minimum absolute atomic E-state index is 0.136. The summed E-state index contributed by atoms with van der Waals surface area (Å²) in [5.74, 6) is 2.18. The molecule has 2 aliphatic rings. The van der Waals surface area contributed by atoms with Crippen LogP contribution in [0.25, 0.3) is 61.8 Å². The zero-order valence-electron chi connectivity index (χ0n) is 26.6. The highest BCUT2D eigenvalue weighted by atomic mass is 15.2. The number of fused-ring (bicyclic) bond motifs is 8. The van der Waals surface area contributed by atoms with E-state index in [9.17, 15) is 0 Å². The van der Waals surface area contributed by atoms with E-state index in [1.807, 2.05) is 18.2 Å². The van der Waals surface area contributed by atoms with Crippen LogP contribution in [-0.4, -0.2) is 21.0 Å². The van der Waals surface area contributed by atoms with Crippen molar-refractivity contribution < 1.29 is 0 Å². The van der Waals surface area contributed by atoms with Gasteiger partial charge in [0.25, 0.3) is 0 Å². The minimum Gasteiger partial charge on any atom is -0.333 e. The molecule has 0 N–H and O–H groups in total. The zero-order valence-corrected chi connectivity index (χ0v) is 26.6. The predicted molar refractivity (Wildman–Crippen MR) is 201 cm³/mol. The van der Waals surface area contributed by atoms with E-state index < -0.39 is 0 Å². The molecule has 0 bridgehead atoms. The van der Waals surface area contributed by atoms with Crippen LogP contribution in [0.3, 0.4) is 0 Å². The van der Waals surface area contributed by atoms with Crippen molar-refractivity contribution in [3.05, 3.63) is 180 Å². The van der Waals surface area contributed by atoms with Crippen LogP contribution in [0.4, 0.5) is 11.4 Å². The molecule has 7 aromatic carbocycles. The number of anilines is 2. The molecule has 2 unspecified atom stereocenters. The number of hydrogen-bond donors (Lipinski definition) is 0. The summed E-state index contributed by atoms with van der Waals surface area (Å²) in [5, 5.41) is 4.92. The Morgan fingerprint density at radius 1 is 0.469 bits per heavy atom. The lowest BCUT2D eigenvalue weighted by atomic mass is 9.80. The summed E-state index contributed by atoms with van der Waals surface area (Å²) in [7, 11) is 0. The lowest BCUT2D eigenvalue weighted by Gasteiger charge is -2.31. The van der Waals surface area contributed by atoms with E-state index in [0.29, 0.717) is 17.5 Å². The lowest BCUT2D eigenvalue weighted by molar-refractivity contribution is 0.727. The Morgan fingerprint density at radius 3 is 1.98 bits per heavy atom. The first-order valence-electron chi connectivity index (χ1n) is 16.8. The molecule has 4 heteroatoms. The number of hydrogen-bond acceptors (Lipinski definition) is 4. The molecular weight excluding hydrogens is 597 g/mol. The van der Waals surface area contributed by atoms with E-state index in [4.69, 9.17) is 15.0 Å². The van der Waals surface area contributed by atoms with E-state index in [0.717, 1.165) is 27.8 Å². The molecule has 0 amide bonds. The van der Waals surface area contributed by atoms with Crippen molar-refractivity contribution in [2.75, 3.05) is 4.90 Å². The van der Waals surface area contributed by atoms with E-state index in [-0.39, 0.29) is 12.0 Å². The minimum atomic E-state index is 0.136. The highest BCUT2D eigenvalue weighted by Crippen LogP contribution is 2.53. The van der Waals surface area contributed by atoms with Gasteiger partial charge in [-0.2, -0.15) is 0 Å². The smallest absolute Gasteiger partial charge is 0.164 e. The van der Waals surface area contributed by atoms with Crippen molar-refractivity contribution in [3.8, 4) is 34.2 Å². The molecule has 2 atom stereocenters. The van der Waals surface area contributed by atoms with Crippen LogP contribution in [0.2, 0.25) is 0 Å². The molecule has 0 spiro atoms. The molecule has 2 heterocycles. The van der Waals surface area contributed by atoms with Gasteiger partial charge in [0.2, 0.25) is 0 Å². The van der Waals surface area contributed by atoms with Crippen molar-refractivity contribution in [1.29, 1.82) is 0 Å². The molecule has 49 heavy (non-hydrogen) atoms. The SMILES string of the molecule is C1=CC2C(c3ccccc31)c1c(ccc3ccccc13)N2c1cccc(-c2nc(-c3ccccc3)nc(-c3ccc4ccccc4c3)n2)c1. The van der Waals surface area contributed by atoms with Crippen molar-refractivity contribution >= 4 is 39.0 Å². The van der Waals surface area contributed by atoms with Crippen molar-refractivity contribution in [3.63, 3.8) is 0 Å². The Labute approximate surface area is 284 Å². The van der Waals surface area contributed by atoms with Gasteiger partial charge in [-0.15, -0.1) is 0 Å². The van der Waals surface area contributed by atoms with Crippen molar-refractivity contribution in [1.82, 2.24) is 15.0 Å². The number of benzene rings is 7. The van der Waals surface area contributed by atoms with Crippen LogP contribution in [-0.2, 0) is 0 Å². The van der Waals surface area contributed by atoms with Gasteiger partial charge in [0.15, 0.2) is 17.5 Å². The summed E-state index contributed by atoms with van der Waals surface area (Å²) in [5.41, 5.74) is 9.27. The van der Waals surface area contributed by atoms with Gasteiger partial charge < -0.3 is 4.90 Å². The van der Waals surface area contributed by atoms with Crippen LogP contribution in [0.15, 0.2) is 164 Å². The number of nitrogens with zero attached hydrogens (tertiary/aromatic N) is 4. The quantitative estimate of drug-likeness (QED) is 0.195. The average Bonchev–Trinajstić information content (AvgIpc) is 3.53. The van der Waals surface area contributed by atoms with Crippen molar-refractivity contribution in [2.45, 2.75) is 12.0 Å². The van der Waals surface area contributed by atoms with E-state index in [1.165, 1.54) is 38.5 Å². The maximum absolute atomic E-state index is 5.12. The zero-order chi connectivity index (χ0) is 32.3. The maximum Gasteiger partial charge on any atom is 0.164 e. The third-order valence-corrected chi connectivity index (χ3v) is 10.0. The molecular formula is C45H30N4. The molecule has 0 fully saturated rings. The second-order valence-corrected chi connectivity index (χ2v) is 12.8. The normalized spacial score (nSPS) is 16.0. The molecule has 0 radical (unpaired) electrons. The highest BCUT2D eigenvalue weighted by Gasteiger charge is 2.42. The molecule has 1 aliphatic carbocycles. The summed E-state index contributed by atoms with van der Waals surface area (Å²) in [4.78, 5) is 17.7. The lowest BCUT2D eigenvalue weighted by Crippen LogP contribution is -2.30. The van der Waals surface area contributed by atoms with E-state index in [1.54, 1.807) is 0 Å². The van der Waals surface area contributed by atoms with Gasteiger partial charge in [0.1, 0.15) is 0 Å². The van der Waals surface area contributed by atoms with Crippen LogP contribution >= 0.6 is 0 Å². The first-order valence-corrected chi connectivity index (χ1v) is 16.8. The molecule has 0 saturated carbocycles. The summed E-state index contributed by atoms with van der Waals surface area (Å²) >= 11 is 0. The summed E-state index contributed by atoms with van der Waals surface area (Å²) in [6.07, 6.45) is 4.66. The van der Waals surface area contributed by atoms with Crippen molar-refractivity contribution in [2.24, 2.45) is 0 Å². The van der Waals surface area contributed by atoms with Crippen LogP contribution in [0.1, 0.15) is 22.6 Å². The third-order valence-electron chi connectivity index (χ3n) is 10.0. The van der Waals surface area contributed by atoms with Gasteiger partial charge in [0, 0.05) is 34.0 Å². The largest absolute Gasteiger partial charge is 0.333 e. The molecule has 0 saturated heterocycles. The van der Waals surface area contributed by atoms with Crippen LogP contribution < -0.4 is 4.90 Å². The third kappa shape index (κ3) is 4.56. The fraction of sp³-hybridized carbons (Fsp3) is 0.0444. The van der Waals surface area contributed by atoms with Crippen LogP contribution in [0.5, 0.6) is 0 Å². The first kappa shape index (κ1) is 27.7. The summed E-state index contributed by atoms with van der Waals surface area (Å²) in [6.45, 7) is 0. The Balaban J connectivity index is 1.14. The fourth-order valence-corrected chi connectivity index (χ4v) is 7.77. The highest BCUT2D eigenvalue weighted by molar-refractivity contribution is 5.96. The van der Waals surface area contributed by atoms with Gasteiger partial charge in [-0.1, -0.05) is 146 Å². The van der Waals surface area contributed by atoms with E-state index >= 15 is 0 Å². The molecule has 1 aromatic heterocycles. The summed E-state index contributed by atoms with van der Waals surface area (Å²) in [6, 6.07) is 55.9. The maximum atomic E-state index is 5.12. The van der Waals surface area contributed by atoms with E-state index in [2.05, 4.69) is 157 Å². The molecule has 1 aliphatic heterocycles. The van der Waals surface area contributed by atoms with Gasteiger partial charge in [0.05, 0.1) is 6.04 Å². The fourth-order valence-electron chi connectivity index (χ4n) is 7.77. The second-order valence-electron chi connectivity index (χ2n) is 12.8. The number of aromatic nitrogens is 3. The Kier molecular flexibility index (Phi) is 6.28. The first-order chi connectivity index (χ1) is 24.3. The predicted octanol–water partition coefficient (Wildman–Crippen LogP) is 10.9.